The maximum absolute atomic E-state index is 14.3. The zero-order valence-corrected chi connectivity index (χ0v) is 16.0. The van der Waals surface area contributed by atoms with E-state index in [2.05, 4.69) is 4.98 Å². The molecule has 8 nitrogen and oxygen atoms in total. The van der Waals surface area contributed by atoms with Gasteiger partial charge in [-0.2, -0.15) is 0 Å². The number of rotatable bonds is 5. The maximum Gasteiger partial charge on any atom is 0.269 e. The lowest BCUT2D eigenvalue weighted by Gasteiger charge is -2.22. The Morgan fingerprint density at radius 3 is 2.70 bits per heavy atom. The van der Waals surface area contributed by atoms with Gasteiger partial charge >= 0.3 is 0 Å². The molecule has 1 saturated heterocycles. The van der Waals surface area contributed by atoms with Crippen molar-refractivity contribution < 1.29 is 22.3 Å². The van der Waals surface area contributed by atoms with Gasteiger partial charge in [-0.3, -0.25) is 10.2 Å². The number of hydrazine groups is 1. The Morgan fingerprint density at radius 2 is 2.07 bits per heavy atom. The highest BCUT2D eigenvalue weighted by Crippen LogP contribution is 2.27. The van der Waals surface area contributed by atoms with Crippen molar-refractivity contribution in [2.75, 3.05) is 13.2 Å². The van der Waals surface area contributed by atoms with Crippen molar-refractivity contribution in [3.05, 3.63) is 41.1 Å². The van der Waals surface area contributed by atoms with E-state index in [1.165, 1.54) is 12.1 Å². The van der Waals surface area contributed by atoms with Crippen LogP contribution in [0.3, 0.4) is 0 Å². The van der Waals surface area contributed by atoms with Crippen LogP contribution in [-0.4, -0.2) is 42.3 Å². The quantitative estimate of drug-likeness (QED) is 0.721. The van der Waals surface area contributed by atoms with E-state index in [0.717, 1.165) is 0 Å². The van der Waals surface area contributed by atoms with Gasteiger partial charge in [-0.05, 0) is 25.0 Å². The van der Waals surface area contributed by atoms with Gasteiger partial charge in [-0.25, -0.2) is 17.8 Å². The summed E-state index contributed by atoms with van der Waals surface area (Å²) in [4.78, 5) is 18.5. The molecule has 11 heteroatoms. The fourth-order valence-electron chi connectivity index (χ4n) is 2.72. The first-order chi connectivity index (χ1) is 12.8. The third-order valence-electron chi connectivity index (χ3n) is 4.19. The second kappa shape index (κ2) is 7.93. The first kappa shape index (κ1) is 19.7. The lowest BCUT2D eigenvalue weighted by Crippen LogP contribution is -2.47. The minimum absolute atomic E-state index is 0.268. The summed E-state index contributed by atoms with van der Waals surface area (Å²) < 4.78 is 45.6. The number of carbonyl (C=O) groups excluding carboxylic acids is 1. The molecule has 1 aromatic carbocycles. The molecule has 0 bridgehead atoms. The monoisotopic (exact) mass is 416 g/mol. The first-order valence-corrected chi connectivity index (χ1v) is 10.1. The molecule has 1 aliphatic rings. The van der Waals surface area contributed by atoms with Crippen molar-refractivity contribution in [1.29, 1.82) is 0 Å². The van der Waals surface area contributed by atoms with Crippen LogP contribution in [0, 0.1) is 5.82 Å². The standard InChI is InChI=1S/C16H18ClFN4O4S/c1-22-8-14(19-9-22)10-6-12(15(18)13(17)7-10)16(23)20-21-27(24,25)11-2-4-26-5-3-11/h6-9,11,21H,2-5H2,1H3,(H,20,23). The van der Waals surface area contributed by atoms with Crippen LogP contribution in [0.5, 0.6) is 0 Å². The molecule has 1 aliphatic heterocycles. The Labute approximate surface area is 160 Å². The van der Waals surface area contributed by atoms with E-state index in [1.54, 1.807) is 24.1 Å². The van der Waals surface area contributed by atoms with Crippen LogP contribution >= 0.6 is 11.6 Å². The average Bonchev–Trinajstić information content (AvgIpc) is 3.09. The van der Waals surface area contributed by atoms with Gasteiger partial charge in [-0.1, -0.05) is 11.6 Å². The summed E-state index contributed by atoms with van der Waals surface area (Å²) in [6.45, 7) is 0.658. The molecule has 1 aromatic heterocycles. The van der Waals surface area contributed by atoms with Gasteiger partial charge in [0.15, 0.2) is 5.82 Å². The highest BCUT2D eigenvalue weighted by molar-refractivity contribution is 7.90. The second-order valence-electron chi connectivity index (χ2n) is 6.16. The molecule has 2 aromatic rings. The maximum atomic E-state index is 14.3. The SMILES string of the molecule is Cn1cnc(-c2cc(Cl)c(F)c(C(=O)NNS(=O)(=O)C3CCOCC3)c2)c1. The van der Waals surface area contributed by atoms with Crippen LogP contribution < -0.4 is 10.3 Å². The Kier molecular flexibility index (Phi) is 5.80. The zero-order chi connectivity index (χ0) is 19.6. The average molecular weight is 417 g/mol. The topological polar surface area (TPSA) is 102 Å². The third kappa shape index (κ3) is 4.46. The van der Waals surface area contributed by atoms with E-state index in [4.69, 9.17) is 16.3 Å². The minimum atomic E-state index is -3.80. The van der Waals surface area contributed by atoms with Gasteiger partial charge in [0.25, 0.3) is 5.91 Å². The molecular formula is C16H18ClFN4O4S. The molecule has 27 heavy (non-hydrogen) atoms. The molecular weight excluding hydrogens is 399 g/mol. The number of carbonyl (C=O) groups is 1. The number of aromatic nitrogens is 2. The van der Waals surface area contributed by atoms with E-state index >= 15 is 0 Å². The predicted molar refractivity (Wildman–Crippen MR) is 97.0 cm³/mol. The van der Waals surface area contributed by atoms with E-state index in [1.807, 2.05) is 10.3 Å². The number of nitrogens with zero attached hydrogens (tertiary/aromatic N) is 2. The van der Waals surface area contributed by atoms with Crippen molar-refractivity contribution in [3.63, 3.8) is 0 Å². The van der Waals surface area contributed by atoms with Gasteiger partial charge in [0.2, 0.25) is 10.0 Å². The van der Waals surface area contributed by atoms with Gasteiger partial charge in [0.05, 0.1) is 27.9 Å². The summed E-state index contributed by atoms with van der Waals surface area (Å²) in [5, 5.41) is -0.949. The predicted octanol–water partition coefficient (Wildman–Crippen LogP) is 1.62. The number of sulfonamides is 1. The van der Waals surface area contributed by atoms with E-state index in [-0.39, 0.29) is 5.02 Å². The molecule has 0 aliphatic carbocycles. The molecule has 0 radical (unpaired) electrons. The van der Waals surface area contributed by atoms with Crippen molar-refractivity contribution in [1.82, 2.24) is 19.8 Å². The molecule has 3 rings (SSSR count). The smallest absolute Gasteiger partial charge is 0.269 e. The summed E-state index contributed by atoms with van der Waals surface area (Å²) >= 11 is 5.89. The number of halogens is 2. The van der Waals surface area contributed by atoms with Crippen molar-refractivity contribution >= 4 is 27.5 Å². The molecule has 0 atom stereocenters. The summed E-state index contributed by atoms with van der Waals surface area (Å²) in [5.74, 6) is -1.90. The van der Waals surface area contributed by atoms with Gasteiger partial charge in [0.1, 0.15) is 0 Å². The molecule has 1 amide bonds. The summed E-state index contributed by atoms with van der Waals surface area (Å²) in [7, 11) is -2.04. The molecule has 1 fully saturated rings. The van der Waals surface area contributed by atoms with E-state index in [9.17, 15) is 17.6 Å². The molecule has 0 unspecified atom stereocenters. The van der Waals surface area contributed by atoms with Gasteiger partial charge < -0.3 is 9.30 Å². The van der Waals surface area contributed by atoms with Crippen LogP contribution in [0.4, 0.5) is 4.39 Å². The van der Waals surface area contributed by atoms with Crippen molar-refractivity contribution in [3.8, 4) is 11.3 Å². The van der Waals surface area contributed by atoms with E-state index < -0.39 is 32.6 Å². The zero-order valence-electron chi connectivity index (χ0n) is 14.4. The largest absolute Gasteiger partial charge is 0.381 e. The number of ether oxygens (including phenoxy) is 1. The summed E-state index contributed by atoms with van der Waals surface area (Å²) in [6.07, 6.45) is 3.87. The lowest BCUT2D eigenvalue weighted by atomic mass is 10.1. The minimum Gasteiger partial charge on any atom is -0.381 e. The first-order valence-electron chi connectivity index (χ1n) is 8.14. The number of hydrogen-bond acceptors (Lipinski definition) is 5. The normalized spacial score (nSPS) is 15.7. The van der Waals surface area contributed by atoms with Crippen LogP contribution in [0.15, 0.2) is 24.7 Å². The third-order valence-corrected chi connectivity index (χ3v) is 6.20. The van der Waals surface area contributed by atoms with Crippen LogP contribution in [0.25, 0.3) is 11.3 Å². The fraction of sp³-hybridized carbons (Fsp3) is 0.375. The van der Waals surface area contributed by atoms with Crippen molar-refractivity contribution in [2.24, 2.45) is 7.05 Å². The van der Waals surface area contributed by atoms with Gasteiger partial charge in [-0.15, -0.1) is 4.83 Å². The summed E-state index contributed by atoms with van der Waals surface area (Å²) in [6, 6.07) is 2.61. The fourth-order valence-corrected chi connectivity index (χ4v) is 4.15. The molecule has 146 valence electrons. The van der Waals surface area contributed by atoms with Gasteiger partial charge in [0, 0.05) is 32.0 Å². The number of hydrogen-bond donors (Lipinski definition) is 2. The highest BCUT2D eigenvalue weighted by atomic mass is 35.5. The lowest BCUT2D eigenvalue weighted by molar-refractivity contribution is 0.0934. The highest BCUT2D eigenvalue weighted by Gasteiger charge is 2.28. The van der Waals surface area contributed by atoms with Crippen LogP contribution in [0.2, 0.25) is 5.02 Å². The molecule has 0 saturated carbocycles. The number of nitrogens with one attached hydrogen (secondary N) is 2. The Morgan fingerprint density at radius 1 is 1.37 bits per heavy atom. The Balaban J connectivity index is 1.79. The van der Waals surface area contributed by atoms with E-state index in [0.29, 0.717) is 37.3 Å². The Hall–Kier alpha value is -2.01. The number of benzene rings is 1. The second-order valence-corrected chi connectivity index (χ2v) is 8.52. The number of imidazole rings is 1. The number of amides is 1. The molecule has 2 N–H and O–H groups in total. The van der Waals surface area contributed by atoms with Crippen LogP contribution in [-0.2, 0) is 21.8 Å². The summed E-state index contributed by atoms with van der Waals surface area (Å²) in [5.41, 5.74) is 2.58. The van der Waals surface area contributed by atoms with Crippen molar-refractivity contribution in [2.45, 2.75) is 18.1 Å². The van der Waals surface area contributed by atoms with Crippen LogP contribution in [0.1, 0.15) is 23.2 Å². The Bertz CT molecular complexity index is 957. The number of aryl methyl sites for hydroxylation is 1. The molecule has 0 spiro atoms. The molecule has 2 heterocycles.